The molecule has 0 aliphatic carbocycles. The van der Waals surface area contributed by atoms with Gasteiger partial charge in [0, 0.05) is 17.8 Å². The van der Waals surface area contributed by atoms with E-state index in [9.17, 15) is 0 Å². The molecule has 3 aromatic rings. The van der Waals surface area contributed by atoms with E-state index >= 15 is 0 Å². The Morgan fingerprint density at radius 1 is 1.17 bits per heavy atom. The van der Waals surface area contributed by atoms with Crippen molar-refractivity contribution in [3.63, 3.8) is 0 Å². The van der Waals surface area contributed by atoms with Crippen LogP contribution in [0.5, 0.6) is 0 Å². The highest BCUT2D eigenvalue weighted by Crippen LogP contribution is 2.28. The van der Waals surface area contributed by atoms with E-state index in [1.807, 2.05) is 24.3 Å². The van der Waals surface area contributed by atoms with Crippen molar-refractivity contribution in [3.8, 4) is 11.4 Å². The summed E-state index contributed by atoms with van der Waals surface area (Å²) in [4.78, 5) is 4.88. The third-order valence-corrected chi connectivity index (χ3v) is 4.64. The predicted octanol–water partition coefficient (Wildman–Crippen LogP) is 3.29. The maximum Gasteiger partial charge on any atom is 0.141 e. The molecule has 3 N–H and O–H groups in total. The van der Waals surface area contributed by atoms with E-state index in [2.05, 4.69) is 34.1 Å². The first kappa shape index (κ1) is 14.3. The van der Waals surface area contributed by atoms with Gasteiger partial charge in [-0.3, -0.25) is 0 Å². The number of para-hydroxylation sites is 2. The first-order valence-electron chi connectivity index (χ1n) is 8.33. The lowest BCUT2D eigenvalue weighted by Crippen LogP contribution is -2.32. The quantitative estimate of drug-likeness (QED) is 0.730. The molecule has 1 aliphatic heterocycles. The zero-order valence-corrected chi connectivity index (χ0v) is 13.2. The van der Waals surface area contributed by atoms with E-state index in [1.165, 1.54) is 18.4 Å². The van der Waals surface area contributed by atoms with E-state index in [0.717, 1.165) is 42.2 Å². The molecule has 4 heteroatoms. The lowest BCUT2D eigenvalue weighted by atomic mass is 9.99. The van der Waals surface area contributed by atoms with Gasteiger partial charge in [-0.05, 0) is 56.1 Å². The highest BCUT2D eigenvalue weighted by Gasteiger charge is 2.18. The Balaban J connectivity index is 1.80. The summed E-state index contributed by atoms with van der Waals surface area (Å²) in [5.74, 6) is 1.67. The van der Waals surface area contributed by atoms with Gasteiger partial charge >= 0.3 is 0 Å². The molecule has 4 nitrogen and oxygen atoms in total. The minimum atomic E-state index is 0.654. The van der Waals surface area contributed by atoms with Crippen molar-refractivity contribution in [2.75, 3.05) is 18.8 Å². The number of imidazole rings is 1. The molecular weight excluding hydrogens is 284 g/mol. The molecule has 1 unspecified atom stereocenters. The van der Waals surface area contributed by atoms with Crippen molar-refractivity contribution in [3.05, 3.63) is 48.5 Å². The first-order valence-corrected chi connectivity index (χ1v) is 8.33. The summed E-state index contributed by atoms with van der Waals surface area (Å²) in [6, 6.07) is 16.4. The number of nitrogens with zero attached hydrogens (tertiary/aromatic N) is 2. The van der Waals surface area contributed by atoms with Crippen molar-refractivity contribution in [1.82, 2.24) is 14.9 Å². The molecule has 1 aliphatic rings. The fraction of sp³-hybridized carbons (Fsp3) is 0.316. The van der Waals surface area contributed by atoms with Gasteiger partial charge in [0.25, 0.3) is 0 Å². The number of hydrogen-bond donors (Lipinski definition) is 2. The molecule has 1 atom stereocenters. The molecular formula is C19H22N4. The van der Waals surface area contributed by atoms with Crippen LogP contribution in [-0.2, 0) is 6.54 Å². The molecule has 2 heterocycles. The second-order valence-electron chi connectivity index (χ2n) is 6.37. The van der Waals surface area contributed by atoms with Crippen LogP contribution in [0.2, 0.25) is 0 Å². The summed E-state index contributed by atoms with van der Waals surface area (Å²) < 4.78 is 2.36. The zero-order chi connectivity index (χ0) is 15.6. The molecule has 118 valence electrons. The summed E-state index contributed by atoms with van der Waals surface area (Å²) in [5.41, 5.74) is 10.1. The number of fused-ring (bicyclic) bond motifs is 1. The fourth-order valence-electron chi connectivity index (χ4n) is 3.50. The number of anilines is 1. The fourth-order valence-corrected chi connectivity index (χ4v) is 3.50. The van der Waals surface area contributed by atoms with E-state index < -0.39 is 0 Å². The minimum Gasteiger partial charge on any atom is -0.399 e. The van der Waals surface area contributed by atoms with Gasteiger partial charge in [-0.1, -0.05) is 24.3 Å². The Bertz CT molecular complexity index is 815. The number of hydrogen-bond acceptors (Lipinski definition) is 3. The second-order valence-corrected chi connectivity index (χ2v) is 6.37. The summed E-state index contributed by atoms with van der Waals surface area (Å²) in [7, 11) is 0. The Labute approximate surface area is 136 Å². The Hall–Kier alpha value is -2.33. The normalized spacial score (nSPS) is 18.3. The van der Waals surface area contributed by atoms with Gasteiger partial charge < -0.3 is 15.6 Å². The third kappa shape index (κ3) is 2.82. The molecule has 4 rings (SSSR count). The maximum atomic E-state index is 5.98. The van der Waals surface area contributed by atoms with Gasteiger partial charge in [0.1, 0.15) is 5.82 Å². The van der Waals surface area contributed by atoms with Gasteiger partial charge in [-0.15, -0.1) is 0 Å². The van der Waals surface area contributed by atoms with Gasteiger partial charge in [0.05, 0.1) is 11.0 Å². The molecule has 0 saturated carbocycles. The van der Waals surface area contributed by atoms with E-state index in [1.54, 1.807) is 0 Å². The Morgan fingerprint density at radius 2 is 2.09 bits per heavy atom. The SMILES string of the molecule is Nc1cccc(-c2nc3ccccc3n2CC2CCCNC2)c1. The molecule has 0 amide bonds. The average Bonchev–Trinajstić information content (AvgIpc) is 2.95. The van der Waals surface area contributed by atoms with Gasteiger partial charge in [-0.2, -0.15) is 0 Å². The summed E-state index contributed by atoms with van der Waals surface area (Å²) >= 11 is 0. The average molecular weight is 306 g/mol. The van der Waals surface area contributed by atoms with Crippen molar-refractivity contribution in [2.24, 2.45) is 5.92 Å². The molecule has 1 fully saturated rings. The molecule has 2 aromatic carbocycles. The summed E-state index contributed by atoms with van der Waals surface area (Å²) in [5, 5.41) is 3.51. The standard InChI is InChI=1S/C19H22N4/c20-16-7-3-6-15(11-16)19-22-17-8-1-2-9-18(17)23(19)13-14-5-4-10-21-12-14/h1-3,6-9,11,14,21H,4-5,10,12-13,20H2. The monoisotopic (exact) mass is 306 g/mol. The topological polar surface area (TPSA) is 55.9 Å². The molecule has 1 saturated heterocycles. The van der Waals surface area contributed by atoms with Crippen LogP contribution in [-0.4, -0.2) is 22.6 Å². The van der Waals surface area contributed by atoms with Crippen molar-refractivity contribution >= 4 is 16.7 Å². The lowest BCUT2D eigenvalue weighted by molar-refractivity contribution is 0.341. The highest BCUT2D eigenvalue weighted by atomic mass is 15.1. The molecule has 0 spiro atoms. The van der Waals surface area contributed by atoms with Gasteiger partial charge in [0.15, 0.2) is 0 Å². The Morgan fingerprint density at radius 3 is 2.91 bits per heavy atom. The molecule has 1 aromatic heterocycles. The third-order valence-electron chi connectivity index (χ3n) is 4.64. The maximum absolute atomic E-state index is 5.98. The summed E-state index contributed by atoms with van der Waals surface area (Å²) in [6.07, 6.45) is 2.53. The van der Waals surface area contributed by atoms with Crippen LogP contribution in [0.4, 0.5) is 5.69 Å². The summed E-state index contributed by atoms with van der Waals surface area (Å²) in [6.45, 7) is 3.23. The smallest absolute Gasteiger partial charge is 0.141 e. The molecule has 23 heavy (non-hydrogen) atoms. The predicted molar refractivity (Wildman–Crippen MR) is 95.2 cm³/mol. The number of aromatic nitrogens is 2. The minimum absolute atomic E-state index is 0.654. The van der Waals surface area contributed by atoms with Crippen LogP contribution in [0.1, 0.15) is 12.8 Å². The van der Waals surface area contributed by atoms with Crippen molar-refractivity contribution in [2.45, 2.75) is 19.4 Å². The number of nitrogens with one attached hydrogen (secondary N) is 1. The van der Waals surface area contributed by atoms with Crippen LogP contribution in [0.15, 0.2) is 48.5 Å². The highest BCUT2D eigenvalue weighted by molar-refractivity contribution is 5.81. The number of piperidine rings is 1. The number of rotatable bonds is 3. The lowest BCUT2D eigenvalue weighted by Gasteiger charge is -2.24. The van der Waals surface area contributed by atoms with Crippen LogP contribution in [0.25, 0.3) is 22.4 Å². The number of nitrogens with two attached hydrogens (primary N) is 1. The number of nitrogen functional groups attached to an aromatic ring is 1. The number of benzene rings is 2. The van der Waals surface area contributed by atoms with E-state index in [4.69, 9.17) is 10.7 Å². The van der Waals surface area contributed by atoms with Gasteiger partial charge in [0.2, 0.25) is 0 Å². The second kappa shape index (κ2) is 6.05. The van der Waals surface area contributed by atoms with Crippen LogP contribution in [0, 0.1) is 5.92 Å². The molecule has 0 bridgehead atoms. The van der Waals surface area contributed by atoms with Gasteiger partial charge in [-0.25, -0.2) is 4.98 Å². The van der Waals surface area contributed by atoms with Crippen LogP contribution >= 0.6 is 0 Å². The largest absolute Gasteiger partial charge is 0.399 e. The van der Waals surface area contributed by atoms with E-state index in [-0.39, 0.29) is 0 Å². The Kier molecular flexibility index (Phi) is 3.75. The van der Waals surface area contributed by atoms with Crippen molar-refractivity contribution < 1.29 is 0 Å². The zero-order valence-electron chi connectivity index (χ0n) is 13.2. The van der Waals surface area contributed by atoms with Crippen molar-refractivity contribution in [1.29, 1.82) is 0 Å². The molecule has 0 radical (unpaired) electrons. The van der Waals surface area contributed by atoms with Crippen LogP contribution in [0.3, 0.4) is 0 Å². The van der Waals surface area contributed by atoms with E-state index in [0.29, 0.717) is 5.92 Å². The first-order chi connectivity index (χ1) is 11.3. The van der Waals surface area contributed by atoms with Crippen LogP contribution < -0.4 is 11.1 Å².